The Morgan fingerprint density at radius 2 is 1.83 bits per heavy atom. The molecule has 0 fully saturated rings. The number of nitrogens with one attached hydrogen (secondary N) is 1. The maximum atomic E-state index is 13.5. The van der Waals surface area contributed by atoms with E-state index in [2.05, 4.69) is 5.32 Å². The summed E-state index contributed by atoms with van der Waals surface area (Å²) in [7, 11) is 0. The number of carboxylic acids is 1. The maximum Gasteiger partial charge on any atom is 0.417 e. The zero-order chi connectivity index (χ0) is 17.9. The van der Waals surface area contributed by atoms with Crippen LogP contribution in [-0.2, 0) is 17.4 Å². The molecule has 0 amide bonds. The second kappa shape index (κ2) is 6.95. The monoisotopic (exact) mass is 337 g/mol. The SMILES string of the molecule is CCNc1c(-c2ccccc2)cc(C)c(C(F)(F)F)c1CC(=O)O. The van der Waals surface area contributed by atoms with E-state index in [-0.39, 0.29) is 16.8 Å². The second-order valence-electron chi connectivity index (χ2n) is 5.43. The predicted molar refractivity (Wildman–Crippen MR) is 87.1 cm³/mol. The number of rotatable bonds is 5. The number of aliphatic carboxylic acids is 1. The van der Waals surface area contributed by atoms with E-state index in [4.69, 9.17) is 5.11 Å². The van der Waals surface area contributed by atoms with Crippen molar-refractivity contribution >= 4 is 11.7 Å². The third-order valence-corrected chi connectivity index (χ3v) is 3.68. The quantitative estimate of drug-likeness (QED) is 0.828. The molecule has 0 bridgehead atoms. The second-order valence-corrected chi connectivity index (χ2v) is 5.43. The molecule has 0 saturated heterocycles. The summed E-state index contributed by atoms with van der Waals surface area (Å²) in [5, 5.41) is 12.0. The van der Waals surface area contributed by atoms with Crippen LogP contribution in [0, 0.1) is 6.92 Å². The Hall–Kier alpha value is -2.50. The third kappa shape index (κ3) is 3.69. The van der Waals surface area contributed by atoms with Crippen molar-refractivity contribution in [2.45, 2.75) is 26.4 Å². The van der Waals surface area contributed by atoms with Gasteiger partial charge >= 0.3 is 12.1 Å². The first-order valence-corrected chi connectivity index (χ1v) is 7.50. The Morgan fingerprint density at radius 1 is 1.21 bits per heavy atom. The lowest BCUT2D eigenvalue weighted by Gasteiger charge is -2.22. The van der Waals surface area contributed by atoms with E-state index < -0.39 is 24.1 Å². The first-order valence-electron chi connectivity index (χ1n) is 7.50. The minimum Gasteiger partial charge on any atom is -0.481 e. The molecule has 2 rings (SSSR count). The lowest BCUT2D eigenvalue weighted by Crippen LogP contribution is -2.18. The molecule has 3 nitrogen and oxygen atoms in total. The molecular weight excluding hydrogens is 319 g/mol. The molecule has 2 aromatic rings. The van der Waals surface area contributed by atoms with Crippen molar-refractivity contribution in [1.29, 1.82) is 0 Å². The highest BCUT2D eigenvalue weighted by atomic mass is 19.4. The number of hydrogen-bond donors (Lipinski definition) is 2. The fourth-order valence-electron chi connectivity index (χ4n) is 2.83. The van der Waals surface area contributed by atoms with Crippen molar-refractivity contribution in [2.75, 3.05) is 11.9 Å². The summed E-state index contributed by atoms with van der Waals surface area (Å²) in [6.45, 7) is 3.50. The molecule has 0 aromatic heterocycles. The Kier molecular flexibility index (Phi) is 5.17. The van der Waals surface area contributed by atoms with Crippen LogP contribution in [0.2, 0.25) is 0 Å². The van der Waals surface area contributed by atoms with Gasteiger partial charge in [-0.05, 0) is 36.6 Å². The lowest BCUT2D eigenvalue weighted by atomic mass is 9.90. The van der Waals surface area contributed by atoms with Gasteiger partial charge in [0.1, 0.15) is 0 Å². The van der Waals surface area contributed by atoms with Gasteiger partial charge in [0.25, 0.3) is 0 Å². The van der Waals surface area contributed by atoms with E-state index in [1.54, 1.807) is 31.2 Å². The average molecular weight is 337 g/mol. The molecule has 0 radical (unpaired) electrons. The molecule has 0 saturated carbocycles. The van der Waals surface area contributed by atoms with Crippen molar-refractivity contribution in [3.63, 3.8) is 0 Å². The minimum absolute atomic E-state index is 0.0132. The van der Waals surface area contributed by atoms with Crippen molar-refractivity contribution in [3.05, 3.63) is 53.1 Å². The normalized spacial score (nSPS) is 11.4. The van der Waals surface area contributed by atoms with Crippen LogP contribution in [0.25, 0.3) is 11.1 Å². The van der Waals surface area contributed by atoms with Crippen LogP contribution >= 0.6 is 0 Å². The number of anilines is 1. The lowest BCUT2D eigenvalue weighted by molar-refractivity contribution is -0.139. The summed E-state index contributed by atoms with van der Waals surface area (Å²) in [6, 6.07) is 10.4. The van der Waals surface area contributed by atoms with E-state index in [1.807, 2.05) is 6.07 Å². The van der Waals surface area contributed by atoms with Crippen LogP contribution in [0.15, 0.2) is 36.4 Å². The van der Waals surface area contributed by atoms with Crippen LogP contribution in [0.5, 0.6) is 0 Å². The fourth-order valence-corrected chi connectivity index (χ4v) is 2.83. The standard InChI is InChI=1S/C18H18F3NO2/c1-3-22-17-13(12-7-5-4-6-8-12)9-11(2)16(18(19,20)21)14(17)10-15(23)24/h4-9,22H,3,10H2,1-2H3,(H,23,24). The number of carbonyl (C=O) groups is 1. The van der Waals surface area contributed by atoms with E-state index in [0.717, 1.165) is 5.56 Å². The van der Waals surface area contributed by atoms with E-state index in [1.165, 1.54) is 13.0 Å². The van der Waals surface area contributed by atoms with Gasteiger partial charge in [-0.3, -0.25) is 4.79 Å². The molecule has 0 spiro atoms. The number of alkyl halides is 3. The van der Waals surface area contributed by atoms with Crippen LogP contribution in [0.3, 0.4) is 0 Å². The number of carboxylic acid groups (broad SMARTS) is 1. The van der Waals surface area contributed by atoms with E-state index >= 15 is 0 Å². The number of halogens is 3. The summed E-state index contributed by atoms with van der Waals surface area (Å²) in [6.07, 6.45) is -5.31. The van der Waals surface area contributed by atoms with Crippen molar-refractivity contribution in [1.82, 2.24) is 0 Å². The first-order chi connectivity index (χ1) is 11.3. The summed E-state index contributed by atoms with van der Waals surface area (Å²) < 4.78 is 40.5. The molecule has 0 unspecified atom stereocenters. The zero-order valence-electron chi connectivity index (χ0n) is 13.4. The summed E-state index contributed by atoms with van der Waals surface area (Å²) in [5.74, 6) is -1.30. The maximum absolute atomic E-state index is 13.5. The Bertz CT molecular complexity index is 740. The minimum atomic E-state index is -4.62. The van der Waals surface area contributed by atoms with Crippen LogP contribution in [0.1, 0.15) is 23.6 Å². The molecule has 24 heavy (non-hydrogen) atoms. The van der Waals surface area contributed by atoms with Gasteiger partial charge in [-0.25, -0.2) is 0 Å². The topological polar surface area (TPSA) is 49.3 Å². The molecule has 0 heterocycles. The average Bonchev–Trinajstić information content (AvgIpc) is 2.48. The highest BCUT2D eigenvalue weighted by Crippen LogP contribution is 2.42. The Labute approximate surface area is 138 Å². The molecule has 0 aliphatic carbocycles. The summed E-state index contributed by atoms with van der Waals surface area (Å²) in [5.41, 5.74) is 0.440. The third-order valence-electron chi connectivity index (χ3n) is 3.68. The van der Waals surface area contributed by atoms with Crippen molar-refractivity contribution in [2.24, 2.45) is 0 Å². The molecule has 2 N–H and O–H groups in total. The van der Waals surface area contributed by atoms with Crippen LogP contribution in [-0.4, -0.2) is 17.6 Å². The Morgan fingerprint density at radius 3 is 2.33 bits per heavy atom. The summed E-state index contributed by atoms with van der Waals surface area (Å²) in [4.78, 5) is 11.2. The molecule has 128 valence electrons. The number of hydrogen-bond acceptors (Lipinski definition) is 2. The van der Waals surface area contributed by atoms with Gasteiger partial charge in [0.2, 0.25) is 0 Å². The van der Waals surface area contributed by atoms with Gasteiger partial charge in [-0.1, -0.05) is 30.3 Å². The van der Waals surface area contributed by atoms with Crippen LogP contribution in [0.4, 0.5) is 18.9 Å². The first kappa shape index (κ1) is 17.8. The van der Waals surface area contributed by atoms with E-state index in [0.29, 0.717) is 12.1 Å². The molecule has 0 aliphatic rings. The smallest absolute Gasteiger partial charge is 0.417 e. The number of benzene rings is 2. The fraction of sp³-hybridized carbons (Fsp3) is 0.278. The molecule has 2 aromatic carbocycles. The molecule has 0 aliphatic heterocycles. The highest BCUT2D eigenvalue weighted by Gasteiger charge is 2.37. The zero-order valence-corrected chi connectivity index (χ0v) is 13.4. The number of aryl methyl sites for hydroxylation is 1. The highest BCUT2D eigenvalue weighted by molar-refractivity contribution is 5.86. The molecule has 6 heteroatoms. The molecular formula is C18H18F3NO2. The molecule has 0 atom stereocenters. The Balaban J connectivity index is 2.83. The largest absolute Gasteiger partial charge is 0.481 e. The van der Waals surface area contributed by atoms with Gasteiger partial charge in [0.15, 0.2) is 0 Å². The van der Waals surface area contributed by atoms with Gasteiger partial charge in [-0.15, -0.1) is 0 Å². The van der Waals surface area contributed by atoms with Gasteiger partial charge in [0, 0.05) is 17.8 Å². The predicted octanol–water partition coefficient (Wildman–Crippen LogP) is 4.74. The summed E-state index contributed by atoms with van der Waals surface area (Å²) >= 11 is 0. The van der Waals surface area contributed by atoms with Gasteiger partial charge < -0.3 is 10.4 Å². The van der Waals surface area contributed by atoms with Crippen molar-refractivity contribution < 1.29 is 23.1 Å². The van der Waals surface area contributed by atoms with Crippen LogP contribution < -0.4 is 5.32 Å². The van der Waals surface area contributed by atoms with Crippen molar-refractivity contribution in [3.8, 4) is 11.1 Å². The van der Waals surface area contributed by atoms with E-state index in [9.17, 15) is 18.0 Å². The van der Waals surface area contributed by atoms with Gasteiger partial charge in [0.05, 0.1) is 12.0 Å². The van der Waals surface area contributed by atoms with Gasteiger partial charge in [-0.2, -0.15) is 13.2 Å².